The summed E-state index contributed by atoms with van der Waals surface area (Å²) in [6.07, 6.45) is 0.650. The predicted molar refractivity (Wildman–Crippen MR) is 101 cm³/mol. The van der Waals surface area contributed by atoms with Crippen molar-refractivity contribution in [1.82, 2.24) is 10.1 Å². The van der Waals surface area contributed by atoms with Crippen molar-refractivity contribution in [3.8, 4) is 0 Å². The Morgan fingerprint density at radius 3 is 2.92 bits per heavy atom. The van der Waals surface area contributed by atoms with E-state index in [0.29, 0.717) is 23.4 Å². The minimum atomic E-state index is -0.196. The molecule has 4 rings (SSSR count). The second kappa shape index (κ2) is 7.05. The maximum absolute atomic E-state index is 12.6. The van der Waals surface area contributed by atoms with Crippen molar-refractivity contribution in [3.63, 3.8) is 0 Å². The van der Waals surface area contributed by atoms with E-state index in [1.54, 1.807) is 18.3 Å². The van der Waals surface area contributed by atoms with Gasteiger partial charge in [-0.3, -0.25) is 4.79 Å². The average Bonchev–Trinajstić information content (AvgIpc) is 3.25. The van der Waals surface area contributed by atoms with Gasteiger partial charge in [0.15, 0.2) is 5.13 Å². The first-order valence-electron chi connectivity index (χ1n) is 8.65. The Morgan fingerprint density at radius 2 is 2.15 bits per heavy atom. The van der Waals surface area contributed by atoms with Crippen LogP contribution in [-0.2, 0) is 11.2 Å². The number of nitrogens with zero attached hydrogens (tertiary/aromatic N) is 3. The van der Waals surface area contributed by atoms with E-state index in [4.69, 9.17) is 14.2 Å². The van der Waals surface area contributed by atoms with Gasteiger partial charge in [0.25, 0.3) is 5.91 Å². The highest BCUT2D eigenvalue weighted by Gasteiger charge is 2.20. The van der Waals surface area contributed by atoms with Gasteiger partial charge in [-0.15, -0.1) is 0 Å². The first kappa shape index (κ1) is 17.0. The second-order valence-electron chi connectivity index (χ2n) is 6.15. The third-order valence-corrected chi connectivity index (χ3v) is 5.49. The van der Waals surface area contributed by atoms with Crippen LogP contribution in [0.1, 0.15) is 28.7 Å². The van der Waals surface area contributed by atoms with Crippen LogP contribution >= 0.6 is 11.3 Å². The fraction of sp³-hybridized carbons (Fsp3) is 0.389. The maximum atomic E-state index is 12.6. The Labute approximate surface area is 154 Å². The van der Waals surface area contributed by atoms with Crippen LogP contribution in [0.25, 0.3) is 10.2 Å². The lowest BCUT2D eigenvalue weighted by molar-refractivity contribution is 0.102. The molecule has 8 heteroatoms. The van der Waals surface area contributed by atoms with Crippen LogP contribution in [0.4, 0.5) is 10.8 Å². The van der Waals surface area contributed by atoms with Gasteiger partial charge in [0.2, 0.25) is 0 Å². The fourth-order valence-corrected chi connectivity index (χ4v) is 4.08. The maximum Gasteiger partial charge on any atom is 0.261 e. The minimum Gasteiger partial charge on any atom is -0.378 e. The standard InChI is InChI=1S/C18H20N4O3S/c1-3-13-16(11(2)25-21-13)17(23)19-12-4-5-14-15(10-12)26-18(20-14)22-6-8-24-9-7-22/h4-5,10H,3,6-9H2,1-2H3,(H,19,23). The number of carbonyl (C=O) groups excluding carboxylic acids is 1. The minimum absolute atomic E-state index is 0.196. The lowest BCUT2D eigenvalue weighted by atomic mass is 10.1. The van der Waals surface area contributed by atoms with Gasteiger partial charge < -0.3 is 19.5 Å². The summed E-state index contributed by atoms with van der Waals surface area (Å²) in [5.41, 5.74) is 2.87. The Bertz CT molecular complexity index is 943. The average molecular weight is 372 g/mol. The molecule has 0 saturated carbocycles. The number of nitrogens with one attached hydrogen (secondary N) is 1. The molecule has 0 radical (unpaired) electrons. The van der Waals surface area contributed by atoms with Gasteiger partial charge in [-0.25, -0.2) is 4.98 Å². The van der Waals surface area contributed by atoms with Gasteiger partial charge in [0.05, 0.1) is 29.1 Å². The van der Waals surface area contributed by atoms with Crippen LogP contribution in [0.3, 0.4) is 0 Å². The number of amides is 1. The normalized spacial score (nSPS) is 14.8. The summed E-state index contributed by atoms with van der Waals surface area (Å²) in [5, 5.41) is 7.88. The zero-order valence-electron chi connectivity index (χ0n) is 14.7. The van der Waals surface area contributed by atoms with Gasteiger partial charge in [0.1, 0.15) is 11.3 Å². The molecular weight excluding hydrogens is 352 g/mol. The van der Waals surface area contributed by atoms with Crippen molar-refractivity contribution in [3.05, 3.63) is 35.2 Å². The van der Waals surface area contributed by atoms with Crippen LogP contribution in [0.5, 0.6) is 0 Å². The van der Waals surface area contributed by atoms with Gasteiger partial charge in [-0.2, -0.15) is 0 Å². The smallest absolute Gasteiger partial charge is 0.261 e. The lowest BCUT2D eigenvalue weighted by Crippen LogP contribution is -2.36. The Kier molecular flexibility index (Phi) is 4.60. The van der Waals surface area contributed by atoms with Crippen molar-refractivity contribution >= 4 is 38.3 Å². The Balaban J connectivity index is 1.57. The third kappa shape index (κ3) is 3.17. The molecule has 1 fully saturated rings. The van der Waals surface area contributed by atoms with E-state index >= 15 is 0 Å². The Hall–Kier alpha value is -2.45. The molecule has 1 aliphatic rings. The van der Waals surface area contributed by atoms with Crippen LogP contribution in [0.2, 0.25) is 0 Å². The highest BCUT2D eigenvalue weighted by Crippen LogP contribution is 2.31. The molecule has 1 aliphatic heterocycles. The van der Waals surface area contributed by atoms with E-state index in [1.165, 1.54) is 0 Å². The molecule has 1 saturated heterocycles. The van der Waals surface area contributed by atoms with Crippen LogP contribution in [-0.4, -0.2) is 42.4 Å². The number of anilines is 2. The summed E-state index contributed by atoms with van der Waals surface area (Å²) in [5.74, 6) is 0.339. The SMILES string of the molecule is CCc1noc(C)c1C(=O)Nc1ccc2nc(N3CCOCC3)sc2c1. The largest absolute Gasteiger partial charge is 0.378 e. The van der Waals surface area contributed by atoms with Crippen molar-refractivity contribution in [2.45, 2.75) is 20.3 Å². The summed E-state index contributed by atoms with van der Waals surface area (Å²) in [7, 11) is 0. The molecule has 0 bridgehead atoms. The summed E-state index contributed by atoms with van der Waals surface area (Å²) >= 11 is 1.63. The molecule has 3 heterocycles. The zero-order valence-corrected chi connectivity index (χ0v) is 15.6. The number of ether oxygens (including phenoxy) is 1. The van der Waals surface area contributed by atoms with Crippen LogP contribution in [0, 0.1) is 6.92 Å². The number of hydrogen-bond donors (Lipinski definition) is 1. The summed E-state index contributed by atoms with van der Waals surface area (Å²) in [4.78, 5) is 19.6. The monoisotopic (exact) mass is 372 g/mol. The van der Waals surface area contributed by atoms with Crippen molar-refractivity contribution in [1.29, 1.82) is 0 Å². The van der Waals surface area contributed by atoms with Crippen molar-refractivity contribution in [2.24, 2.45) is 0 Å². The number of aromatic nitrogens is 2. The predicted octanol–water partition coefficient (Wildman–Crippen LogP) is 3.24. The number of hydrogen-bond acceptors (Lipinski definition) is 7. The quantitative estimate of drug-likeness (QED) is 0.757. The lowest BCUT2D eigenvalue weighted by Gasteiger charge is -2.25. The molecule has 136 valence electrons. The molecule has 2 aromatic heterocycles. The fourth-order valence-electron chi connectivity index (χ4n) is 3.02. The van der Waals surface area contributed by atoms with Crippen LogP contribution < -0.4 is 10.2 Å². The zero-order chi connectivity index (χ0) is 18.1. The first-order valence-corrected chi connectivity index (χ1v) is 9.47. The van der Waals surface area contributed by atoms with E-state index in [-0.39, 0.29) is 5.91 Å². The molecular formula is C18H20N4O3S. The van der Waals surface area contributed by atoms with E-state index in [1.807, 2.05) is 25.1 Å². The molecule has 1 N–H and O–H groups in total. The van der Waals surface area contributed by atoms with Gasteiger partial charge in [-0.1, -0.05) is 23.4 Å². The van der Waals surface area contributed by atoms with Gasteiger partial charge >= 0.3 is 0 Å². The molecule has 26 heavy (non-hydrogen) atoms. The van der Waals surface area contributed by atoms with E-state index < -0.39 is 0 Å². The topological polar surface area (TPSA) is 80.5 Å². The van der Waals surface area contributed by atoms with Crippen LogP contribution in [0.15, 0.2) is 22.7 Å². The molecule has 1 amide bonds. The molecule has 0 unspecified atom stereocenters. The first-order chi connectivity index (χ1) is 12.7. The molecule has 1 aromatic carbocycles. The third-order valence-electron chi connectivity index (χ3n) is 4.41. The second-order valence-corrected chi connectivity index (χ2v) is 7.16. The molecule has 0 spiro atoms. The number of thiazole rings is 1. The molecule has 0 atom stereocenters. The Morgan fingerprint density at radius 1 is 1.35 bits per heavy atom. The molecule has 7 nitrogen and oxygen atoms in total. The number of carbonyl (C=O) groups is 1. The van der Waals surface area contributed by atoms with Gasteiger partial charge in [0, 0.05) is 18.8 Å². The van der Waals surface area contributed by atoms with E-state index in [0.717, 1.165) is 47.3 Å². The molecule has 0 aliphatic carbocycles. The molecule has 3 aromatic rings. The summed E-state index contributed by atoms with van der Waals surface area (Å²) in [6.45, 7) is 6.88. The van der Waals surface area contributed by atoms with Crippen molar-refractivity contribution in [2.75, 3.05) is 36.5 Å². The van der Waals surface area contributed by atoms with E-state index in [9.17, 15) is 4.79 Å². The summed E-state index contributed by atoms with van der Waals surface area (Å²) < 4.78 is 11.6. The number of aryl methyl sites for hydroxylation is 2. The number of fused-ring (bicyclic) bond motifs is 1. The number of rotatable bonds is 4. The number of morpholine rings is 1. The highest BCUT2D eigenvalue weighted by atomic mass is 32.1. The van der Waals surface area contributed by atoms with Gasteiger partial charge in [-0.05, 0) is 31.5 Å². The highest BCUT2D eigenvalue weighted by molar-refractivity contribution is 7.22. The van der Waals surface area contributed by atoms with E-state index in [2.05, 4.69) is 15.4 Å². The van der Waals surface area contributed by atoms with Crippen molar-refractivity contribution < 1.29 is 14.1 Å². The number of benzene rings is 1. The summed E-state index contributed by atoms with van der Waals surface area (Å²) in [6, 6.07) is 5.77.